The summed E-state index contributed by atoms with van der Waals surface area (Å²) in [6, 6.07) is 1.16. The van der Waals surface area contributed by atoms with E-state index in [-0.39, 0.29) is 24.3 Å². The average molecular weight is 279 g/mol. The fraction of sp³-hybridized carbons (Fsp3) is 0.400. The summed E-state index contributed by atoms with van der Waals surface area (Å²) >= 11 is 0. The molecule has 0 aliphatic carbocycles. The molecule has 0 aromatic carbocycles. The van der Waals surface area contributed by atoms with Crippen molar-refractivity contribution >= 4 is 11.7 Å². The first-order chi connectivity index (χ1) is 8.76. The summed E-state index contributed by atoms with van der Waals surface area (Å²) in [5.41, 5.74) is 10.8. The van der Waals surface area contributed by atoms with Gasteiger partial charge in [-0.15, -0.1) is 13.2 Å². The van der Waals surface area contributed by atoms with Crippen LogP contribution in [-0.2, 0) is 22.5 Å². The number of anilines is 1. The van der Waals surface area contributed by atoms with Crippen LogP contribution in [0.4, 0.5) is 18.9 Å². The van der Waals surface area contributed by atoms with Gasteiger partial charge in [-0.2, -0.15) is 0 Å². The number of alkyl halides is 3. The topological polar surface area (TPSA) is 100 Å². The SMILES string of the molecule is COC(=O)Cc1cc(N)c(OC(F)(F)F)nc1CN. The molecule has 0 amide bonds. The van der Waals surface area contributed by atoms with E-state index in [2.05, 4.69) is 14.5 Å². The third-order valence-electron chi connectivity index (χ3n) is 2.15. The van der Waals surface area contributed by atoms with Gasteiger partial charge in [0.15, 0.2) is 0 Å². The highest BCUT2D eigenvalue weighted by atomic mass is 19.4. The van der Waals surface area contributed by atoms with E-state index in [1.807, 2.05) is 0 Å². The van der Waals surface area contributed by atoms with Crippen LogP contribution in [-0.4, -0.2) is 24.4 Å². The number of carbonyl (C=O) groups excluding carboxylic acids is 1. The zero-order valence-corrected chi connectivity index (χ0v) is 9.95. The molecule has 0 atom stereocenters. The number of hydrogen-bond acceptors (Lipinski definition) is 6. The second-order valence-electron chi connectivity index (χ2n) is 3.49. The molecule has 1 rings (SSSR count). The maximum Gasteiger partial charge on any atom is 0.574 e. The predicted octanol–water partition coefficient (Wildman–Crippen LogP) is 0.737. The van der Waals surface area contributed by atoms with Gasteiger partial charge in [-0.05, 0) is 11.6 Å². The minimum absolute atomic E-state index is 0.0823. The highest BCUT2D eigenvalue weighted by Crippen LogP contribution is 2.28. The smallest absolute Gasteiger partial charge is 0.469 e. The number of halogens is 3. The second-order valence-corrected chi connectivity index (χ2v) is 3.49. The number of hydrogen-bond donors (Lipinski definition) is 2. The van der Waals surface area contributed by atoms with Crippen molar-refractivity contribution in [3.05, 3.63) is 17.3 Å². The minimum Gasteiger partial charge on any atom is -0.469 e. The lowest BCUT2D eigenvalue weighted by Crippen LogP contribution is -2.20. The van der Waals surface area contributed by atoms with Gasteiger partial charge in [0, 0.05) is 6.54 Å². The average Bonchev–Trinajstić information content (AvgIpc) is 2.30. The third kappa shape index (κ3) is 4.28. The van der Waals surface area contributed by atoms with E-state index in [9.17, 15) is 18.0 Å². The van der Waals surface area contributed by atoms with Crippen molar-refractivity contribution < 1.29 is 27.4 Å². The molecule has 1 aromatic heterocycles. The molecule has 106 valence electrons. The number of nitrogen functional groups attached to an aromatic ring is 1. The van der Waals surface area contributed by atoms with Crippen molar-refractivity contribution in [3.63, 3.8) is 0 Å². The van der Waals surface area contributed by atoms with E-state index < -0.39 is 18.2 Å². The maximum atomic E-state index is 12.1. The zero-order valence-electron chi connectivity index (χ0n) is 9.95. The lowest BCUT2D eigenvalue weighted by molar-refractivity contribution is -0.275. The predicted molar refractivity (Wildman–Crippen MR) is 58.9 cm³/mol. The molecule has 0 aliphatic rings. The van der Waals surface area contributed by atoms with Crippen molar-refractivity contribution in [2.24, 2.45) is 5.73 Å². The summed E-state index contributed by atoms with van der Waals surface area (Å²) in [4.78, 5) is 14.7. The second kappa shape index (κ2) is 5.74. The quantitative estimate of drug-likeness (QED) is 0.788. The number of pyridine rings is 1. The Morgan fingerprint density at radius 1 is 1.47 bits per heavy atom. The first-order valence-electron chi connectivity index (χ1n) is 5.07. The molecule has 19 heavy (non-hydrogen) atoms. The molecule has 1 aromatic rings. The molecule has 0 radical (unpaired) electrons. The van der Waals surface area contributed by atoms with Gasteiger partial charge in [-0.3, -0.25) is 4.79 Å². The molecule has 1 heterocycles. The largest absolute Gasteiger partial charge is 0.574 e. The molecule has 0 saturated carbocycles. The Morgan fingerprint density at radius 3 is 2.58 bits per heavy atom. The molecule has 9 heteroatoms. The molecule has 0 spiro atoms. The van der Waals surface area contributed by atoms with Crippen LogP contribution < -0.4 is 16.2 Å². The van der Waals surface area contributed by atoms with Crippen molar-refractivity contribution in [3.8, 4) is 5.88 Å². The van der Waals surface area contributed by atoms with Crippen molar-refractivity contribution in [1.29, 1.82) is 0 Å². The van der Waals surface area contributed by atoms with Gasteiger partial charge in [-0.1, -0.05) is 0 Å². The van der Waals surface area contributed by atoms with E-state index in [0.717, 1.165) is 6.07 Å². The molecule has 0 aliphatic heterocycles. The Hall–Kier alpha value is -2.03. The summed E-state index contributed by atoms with van der Waals surface area (Å²) in [7, 11) is 1.18. The third-order valence-corrected chi connectivity index (χ3v) is 2.15. The van der Waals surface area contributed by atoms with Crippen LogP contribution in [0, 0.1) is 0 Å². The van der Waals surface area contributed by atoms with Gasteiger partial charge >= 0.3 is 12.3 Å². The highest BCUT2D eigenvalue weighted by Gasteiger charge is 2.33. The monoisotopic (exact) mass is 279 g/mol. The number of methoxy groups -OCH3 is 1. The van der Waals surface area contributed by atoms with Crippen LogP contribution in [0.15, 0.2) is 6.07 Å². The summed E-state index contributed by atoms with van der Waals surface area (Å²) in [5, 5.41) is 0. The van der Waals surface area contributed by atoms with Gasteiger partial charge in [-0.25, -0.2) is 4.98 Å². The van der Waals surface area contributed by atoms with Gasteiger partial charge < -0.3 is 20.9 Å². The van der Waals surface area contributed by atoms with Crippen LogP contribution in [0.3, 0.4) is 0 Å². The zero-order chi connectivity index (χ0) is 14.6. The number of ether oxygens (including phenoxy) is 2. The van der Waals surface area contributed by atoms with Crippen LogP contribution in [0.2, 0.25) is 0 Å². The normalized spacial score (nSPS) is 11.2. The van der Waals surface area contributed by atoms with Gasteiger partial charge in [0.2, 0.25) is 5.88 Å². The lowest BCUT2D eigenvalue weighted by Gasteiger charge is -2.13. The summed E-state index contributed by atoms with van der Waals surface area (Å²) in [6.07, 6.45) is -5.09. The number of aromatic nitrogens is 1. The van der Waals surface area contributed by atoms with Gasteiger partial charge in [0.25, 0.3) is 0 Å². The molecule has 0 saturated heterocycles. The molecule has 6 nitrogen and oxygen atoms in total. The van der Waals surface area contributed by atoms with Crippen LogP contribution in [0.5, 0.6) is 5.88 Å². The minimum atomic E-state index is -4.91. The number of esters is 1. The van der Waals surface area contributed by atoms with Gasteiger partial charge in [0.1, 0.15) is 0 Å². The number of nitrogens with zero attached hydrogens (tertiary/aromatic N) is 1. The Labute approximate surface area is 106 Å². The Bertz CT molecular complexity index is 477. The molecule has 0 unspecified atom stereocenters. The van der Waals surface area contributed by atoms with Crippen molar-refractivity contribution in [2.45, 2.75) is 19.3 Å². The number of nitrogens with two attached hydrogens (primary N) is 2. The Balaban J connectivity index is 3.10. The first-order valence-corrected chi connectivity index (χ1v) is 5.07. The standard InChI is InChI=1S/C10H12F3N3O3/c1-18-8(17)3-5-2-6(15)9(16-7(5)4-14)19-10(11,12)13/h2H,3-4,14-15H2,1H3. The molecular formula is C10H12F3N3O3. The molecule has 0 fully saturated rings. The van der Waals surface area contributed by atoms with Crippen LogP contribution >= 0.6 is 0 Å². The molecule has 0 bridgehead atoms. The summed E-state index contributed by atoms with van der Waals surface area (Å²) < 4.78 is 44.4. The number of carbonyl (C=O) groups is 1. The Morgan fingerprint density at radius 2 is 2.11 bits per heavy atom. The van der Waals surface area contributed by atoms with Gasteiger partial charge in [0.05, 0.1) is 24.9 Å². The highest BCUT2D eigenvalue weighted by molar-refractivity contribution is 5.73. The lowest BCUT2D eigenvalue weighted by atomic mass is 10.1. The fourth-order valence-corrected chi connectivity index (χ4v) is 1.34. The maximum absolute atomic E-state index is 12.1. The van der Waals surface area contributed by atoms with E-state index in [1.165, 1.54) is 7.11 Å². The fourth-order valence-electron chi connectivity index (χ4n) is 1.34. The molecule has 4 N–H and O–H groups in total. The summed E-state index contributed by atoms with van der Waals surface area (Å²) in [5.74, 6) is -1.37. The van der Waals surface area contributed by atoms with E-state index in [4.69, 9.17) is 11.5 Å². The van der Waals surface area contributed by atoms with Crippen molar-refractivity contribution in [2.75, 3.05) is 12.8 Å². The van der Waals surface area contributed by atoms with E-state index >= 15 is 0 Å². The van der Waals surface area contributed by atoms with Crippen molar-refractivity contribution in [1.82, 2.24) is 4.98 Å². The van der Waals surface area contributed by atoms with Crippen LogP contribution in [0.25, 0.3) is 0 Å². The Kier molecular flexibility index (Phi) is 4.54. The van der Waals surface area contributed by atoms with E-state index in [1.54, 1.807) is 0 Å². The first kappa shape index (κ1) is 15.0. The van der Waals surface area contributed by atoms with E-state index in [0.29, 0.717) is 5.56 Å². The van der Waals surface area contributed by atoms with Crippen LogP contribution in [0.1, 0.15) is 11.3 Å². The molecular weight excluding hydrogens is 267 g/mol. The summed E-state index contributed by atoms with van der Waals surface area (Å²) in [6.45, 7) is -0.166. The number of rotatable bonds is 4.